The van der Waals surface area contributed by atoms with Crippen LogP contribution in [-0.4, -0.2) is 39.3 Å². The van der Waals surface area contributed by atoms with E-state index in [1.807, 2.05) is 6.92 Å². The van der Waals surface area contributed by atoms with Crippen molar-refractivity contribution >= 4 is 17.2 Å². The molecule has 1 unspecified atom stereocenters. The molecule has 0 N–H and O–H groups in total. The fourth-order valence-electron chi connectivity index (χ4n) is 5.67. The third-order valence-electron chi connectivity index (χ3n) is 7.24. The molecule has 3 heterocycles. The molecule has 1 aromatic carbocycles. The molecule has 3 aliphatic rings. The molecule has 5 rings (SSSR count). The summed E-state index contributed by atoms with van der Waals surface area (Å²) in [6.07, 6.45) is 8.92. The molecule has 154 valence electrons. The Hall–Kier alpha value is -1.72. The van der Waals surface area contributed by atoms with Crippen molar-refractivity contribution in [2.24, 2.45) is 0 Å². The SMILES string of the molecule is Cc1nc(CN2C(=O)CCC23CCCN(Cc2ccc4c(c2)CCC4)CC3)cs1. The number of rotatable bonds is 4. The van der Waals surface area contributed by atoms with Crippen molar-refractivity contribution in [3.63, 3.8) is 0 Å². The van der Waals surface area contributed by atoms with E-state index in [1.165, 1.54) is 31.2 Å². The van der Waals surface area contributed by atoms with Crippen LogP contribution in [-0.2, 0) is 30.7 Å². The smallest absolute Gasteiger partial charge is 0.223 e. The zero-order valence-corrected chi connectivity index (χ0v) is 18.3. The van der Waals surface area contributed by atoms with Crippen LogP contribution >= 0.6 is 11.3 Å². The number of thiazole rings is 1. The van der Waals surface area contributed by atoms with Gasteiger partial charge in [0.1, 0.15) is 0 Å². The Morgan fingerprint density at radius 1 is 1.03 bits per heavy atom. The van der Waals surface area contributed by atoms with E-state index < -0.39 is 0 Å². The number of carbonyl (C=O) groups is 1. The van der Waals surface area contributed by atoms with E-state index in [0.29, 0.717) is 18.9 Å². The molecule has 1 atom stereocenters. The Balaban J connectivity index is 1.27. The zero-order valence-electron chi connectivity index (χ0n) is 17.5. The molecule has 2 fully saturated rings. The first-order chi connectivity index (χ1) is 14.1. The van der Waals surface area contributed by atoms with Crippen LogP contribution in [0.25, 0.3) is 0 Å². The molecule has 4 nitrogen and oxygen atoms in total. The highest BCUT2D eigenvalue weighted by atomic mass is 32.1. The number of fused-ring (bicyclic) bond motifs is 1. The summed E-state index contributed by atoms with van der Waals surface area (Å²) in [5, 5.41) is 3.20. The molecular weight excluding hydrogens is 378 g/mol. The standard InChI is InChI=1S/C24H31N3OS/c1-18-25-22(17-29-18)16-27-23(28)8-10-24(27)9-3-12-26(13-11-24)15-19-6-7-20-4-2-5-21(20)14-19/h6-7,14,17H,2-5,8-13,15-16H2,1H3. The van der Waals surface area contributed by atoms with E-state index in [4.69, 9.17) is 0 Å². The van der Waals surface area contributed by atoms with E-state index in [9.17, 15) is 4.79 Å². The minimum Gasteiger partial charge on any atom is -0.331 e. The quantitative estimate of drug-likeness (QED) is 0.747. The van der Waals surface area contributed by atoms with E-state index in [-0.39, 0.29) is 5.54 Å². The van der Waals surface area contributed by atoms with Crippen LogP contribution in [0, 0.1) is 6.92 Å². The van der Waals surface area contributed by atoms with Crippen molar-refractivity contribution in [2.75, 3.05) is 13.1 Å². The van der Waals surface area contributed by atoms with E-state index in [2.05, 4.69) is 38.4 Å². The number of benzene rings is 1. The third kappa shape index (κ3) is 3.87. The molecule has 1 amide bonds. The first kappa shape index (κ1) is 19.3. The summed E-state index contributed by atoms with van der Waals surface area (Å²) in [5.41, 5.74) is 5.68. The number of amides is 1. The van der Waals surface area contributed by atoms with Gasteiger partial charge < -0.3 is 4.90 Å². The number of likely N-dealkylation sites (tertiary alicyclic amines) is 2. The van der Waals surface area contributed by atoms with Gasteiger partial charge in [-0.1, -0.05) is 18.2 Å². The van der Waals surface area contributed by atoms with Gasteiger partial charge in [0.2, 0.25) is 5.91 Å². The molecule has 0 radical (unpaired) electrons. The third-order valence-corrected chi connectivity index (χ3v) is 8.07. The number of nitrogens with zero attached hydrogens (tertiary/aromatic N) is 3. The maximum absolute atomic E-state index is 12.7. The van der Waals surface area contributed by atoms with Gasteiger partial charge in [-0.05, 0) is 75.1 Å². The van der Waals surface area contributed by atoms with Crippen molar-refractivity contribution in [1.82, 2.24) is 14.8 Å². The normalized spacial score (nSPS) is 25.0. The molecule has 1 aliphatic carbocycles. The number of aromatic nitrogens is 1. The second-order valence-corrected chi connectivity index (χ2v) is 10.2. The van der Waals surface area contributed by atoms with Gasteiger partial charge in [-0.15, -0.1) is 11.3 Å². The van der Waals surface area contributed by atoms with Gasteiger partial charge in [-0.2, -0.15) is 0 Å². The number of hydrogen-bond donors (Lipinski definition) is 0. The molecule has 0 bridgehead atoms. The Bertz CT molecular complexity index is 907. The van der Waals surface area contributed by atoms with Crippen LogP contribution in [0.2, 0.25) is 0 Å². The first-order valence-electron chi connectivity index (χ1n) is 11.2. The minimum atomic E-state index is 0.0429. The van der Waals surface area contributed by atoms with Crippen LogP contribution in [0.1, 0.15) is 65.9 Å². The maximum Gasteiger partial charge on any atom is 0.223 e. The molecule has 5 heteroatoms. The second-order valence-electron chi connectivity index (χ2n) is 9.15. The summed E-state index contributed by atoms with van der Waals surface area (Å²) in [5.74, 6) is 0.322. The van der Waals surface area contributed by atoms with Crippen LogP contribution in [0.15, 0.2) is 23.6 Å². The molecule has 29 heavy (non-hydrogen) atoms. The molecule has 0 saturated carbocycles. The van der Waals surface area contributed by atoms with Gasteiger partial charge >= 0.3 is 0 Å². The zero-order chi connectivity index (χ0) is 19.8. The number of aryl methyl sites for hydroxylation is 3. The summed E-state index contributed by atoms with van der Waals surface area (Å²) in [6, 6.07) is 7.13. The Labute approximate surface area is 177 Å². The predicted molar refractivity (Wildman–Crippen MR) is 117 cm³/mol. The number of carbonyl (C=O) groups excluding carboxylic acids is 1. The van der Waals surface area contributed by atoms with E-state index >= 15 is 0 Å². The highest BCUT2D eigenvalue weighted by Crippen LogP contribution is 2.40. The molecule has 1 aromatic heterocycles. The molecule has 2 aromatic rings. The highest BCUT2D eigenvalue weighted by molar-refractivity contribution is 7.09. The average Bonchev–Trinajstić information content (AvgIpc) is 3.37. The van der Waals surface area contributed by atoms with Crippen molar-refractivity contribution in [3.05, 3.63) is 51.0 Å². The van der Waals surface area contributed by atoms with E-state index in [0.717, 1.165) is 49.6 Å². The monoisotopic (exact) mass is 409 g/mol. The lowest BCUT2D eigenvalue weighted by molar-refractivity contribution is -0.132. The van der Waals surface area contributed by atoms with Crippen molar-refractivity contribution in [2.45, 2.75) is 76.9 Å². The lowest BCUT2D eigenvalue weighted by Gasteiger charge is -2.38. The van der Waals surface area contributed by atoms with Gasteiger partial charge in [0.05, 0.1) is 17.2 Å². The number of hydrogen-bond acceptors (Lipinski definition) is 4. The Kier molecular flexibility index (Phi) is 5.21. The van der Waals surface area contributed by atoms with Gasteiger partial charge in [0.25, 0.3) is 0 Å². The topological polar surface area (TPSA) is 36.4 Å². The molecule has 2 aliphatic heterocycles. The van der Waals surface area contributed by atoms with Gasteiger partial charge in [-0.3, -0.25) is 9.69 Å². The summed E-state index contributed by atoms with van der Waals surface area (Å²) >= 11 is 1.68. The average molecular weight is 410 g/mol. The lowest BCUT2D eigenvalue weighted by atomic mass is 9.87. The largest absolute Gasteiger partial charge is 0.331 e. The van der Waals surface area contributed by atoms with Crippen LogP contribution < -0.4 is 0 Å². The fourth-order valence-corrected chi connectivity index (χ4v) is 6.27. The molecule has 1 spiro atoms. The van der Waals surface area contributed by atoms with Gasteiger partial charge in [0.15, 0.2) is 0 Å². The van der Waals surface area contributed by atoms with Crippen molar-refractivity contribution < 1.29 is 4.79 Å². The molecular formula is C24H31N3OS. The second kappa shape index (κ2) is 7.84. The summed E-state index contributed by atoms with van der Waals surface area (Å²) < 4.78 is 0. The van der Waals surface area contributed by atoms with Crippen LogP contribution in [0.4, 0.5) is 0 Å². The van der Waals surface area contributed by atoms with Gasteiger partial charge in [0, 0.05) is 30.4 Å². The summed E-state index contributed by atoms with van der Waals surface area (Å²) in [6.45, 7) is 5.99. The predicted octanol–water partition coefficient (Wildman–Crippen LogP) is 4.49. The maximum atomic E-state index is 12.7. The van der Waals surface area contributed by atoms with Gasteiger partial charge in [-0.25, -0.2) is 4.98 Å². The Morgan fingerprint density at radius 2 is 1.93 bits per heavy atom. The summed E-state index contributed by atoms with van der Waals surface area (Å²) in [7, 11) is 0. The Morgan fingerprint density at radius 3 is 2.79 bits per heavy atom. The highest BCUT2D eigenvalue weighted by Gasteiger charge is 2.45. The summed E-state index contributed by atoms with van der Waals surface area (Å²) in [4.78, 5) is 22.2. The van der Waals surface area contributed by atoms with Crippen molar-refractivity contribution in [1.29, 1.82) is 0 Å². The first-order valence-corrected chi connectivity index (χ1v) is 12.0. The van der Waals surface area contributed by atoms with Crippen molar-refractivity contribution in [3.8, 4) is 0 Å². The van der Waals surface area contributed by atoms with Crippen LogP contribution in [0.3, 0.4) is 0 Å². The molecule has 2 saturated heterocycles. The van der Waals surface area contributed by atoms with Crippen LogP contribution in [0.5, 0.6) is 0 Å². The fraction of sp³-hybridized carbons (Fsp3) is 0.583. The minimum absolute atomic E-state index is 0.0429. The lowest BCUT2D eigenvalue weighted by Crippen LogP contribution is -2.46. The van der Waals surface area contributed by atoms with E-state index in [1.54, 1.807) is 22.5 Å².